The number of nitrogens with one attached hydrogen (secondary N) is 1. The average molecular weight is 388 g/mol. The van der Waals surface area contributed by atoms with Crippen molar-refractivity contribution in [3.05, 3.63) is 96.1 Å². The molecular formula is C24H24N2O3. The van der Waals surface area contributed by atoms with Gasteiger partial charge in [-0.15, -0.1) is 0 Å². The number of para-hydroxylation sites is 2. The highest BCUT2D eigenvalue weighted by Crippen LogP contribution is 2.19. The molecule has 3 aromatic rings. The van der Waals surface area contributed by atoms with Gasteiger partial charge >= 0.3 is 5.97 Å². The van der Waals surface area contributed by atoms with E-state index in [1.54, 1.807) is 24.3 Å². The van der Waals surface area contributed by atoms with Crippen molar-refractivity contribution in [2.45, 2.75) is 13.0 Å². The minimum atomic E-state index is -0.476. The number of rotatable bonds is 8. The molecule has 1 amide bonds. The standard InChI is InChI=1S/C24H24N2O3/c1-29-24(28)21-14-8-9-15-22(21)25-23(27)16-17-26(20-12-6-3-7-13-20)18-19-10-4-2-5-11-19/h2-15H,16-18H2,1H3,(H,25,27). The van der Waals surface area contributed by atoms with E-state index in [1.807, 2.05) is 48.5 Å². The van der Waals surface area contributed by atoms with Gasteiger partial charge in [0.25, 0.3) is 0 Å². The Kier molecular flexibility index (Phi) is 7.00. The van der Waals surface area contributed by atoms with E-state index in [4.69, 9.17) is 4.74 Å². The van der Waals surface area contributed by atoms with E-state index in [1.165, 1.54) is 12.7 Å². The van der Waals surface area contributed by atoms with Gasteiger partial charge in [-0.3, -0.25) is 4.79 Å². The second-order valence-electron chi connectivity index (χ2n) is 6.58. The van der Waals surface area contributed by atoms with Crippen molar-refractivity contribution >= 4 is 23.3 Å². The predicted molar refractivity (Wildman–Crippen MR) is 115 cm³/mol. The Morgan fingerprint density at radius 1 is 0.862 bits per heavy atom. The first kappa shape index (κ1) is 20.1. The summed E-state index contributed by atoms with van der Waals surface area (Å²) in [6, 6.07) is 27.0. The third kappa shape index (κ3) is 5.69. The summed E-state index contributed by atoms with van der Waals surface area (Å²) in [5, 5.41) is 2.83. The molecule has 3 aromatic carbocycles. The normalized spacial score (nSPS) is 10.2. The van der Waals surface area contributed by atoms with Crippen LogP contribution in [0.2, 0.25) is 0 Å². The first-order valence-corrected chi connectivity index (χ1v) is 9.48. The number of nitrogens with zero attached hydrogens (tertiary/aromatic N) is 1. The van der Waals surface area contributed by atoms with Gasteiger partial charge in [0, 0.05) is 25.2 Å². The zero-order valence-corrected chi connectivity index (χ0v) is 16.4. The average Bonchev–Trinajstić information content (AvgIpc) is 2.77. The van der Waals surface area contributed by atoms with Gasteiger partial charge in [-0.25, -0.2) is 4.79 Å². The molecule has 5 heteroatoms. The Morgan fingerprint density at radius 2 is 1.48 bits per heavy atom. The molecule has 0 aliphatic carbocycles. The van der Waals surface area contributed by atoms with Gasteiger partial charge in [-0.05, 0) is 29.8 Å². The summed E-state index contributed by atoms with van der Waals surface area (Å²) in [7, 11) is 1.32. The van der Waals surface area contributed by atoms with Crippen LogP contribution in [0.1, 0.15) is 22.3 Å². The van der Waals surface area contributed by atoms with Crippen LogP contribution in [0.3, 0.4) is 0 Å². The maximum Gasteiger partial charge on any atom is 0.339 e. The predicted octanol–water partition coefficient (Wildman–Crippen LogP) is 4.51. The Hall–Kier alpha value is -3.60. The summed E-state index contributed by atoms with van der Waals surface area (Å²) in [6.45, 7) is 1.25. The van der Waals surface area contributed by atoms with E-state index in [-0.39, 0.29) is 12.3 Å². The molecule has 0 saturated heterocycles. The van der Waals surface area contributed by atoms with Gasteiger partial charge in [-0.1, -0.05) is 60.7 Å². The molecule has 0 aromatic heterocycles. The summed E-state index contributed by atoms with van der Waals surface area (Å²) in [5.74, 6) is -0.633. The smallest absolute Gasteiger partial charge is 0.339 e. The van der Waals surface area contributed by atoms with E-state index < -0.39 is 5.97 Å². The molecule has 0 radical (unpaired) electrons. The number of benzene rings is 3. The molecule has 0 spiro atoms. The lowest BCUT2D eigenvalue weighted by Crippen LogP contribution is -2.27. The number of carbonyl (C=O) groups excluding carboxylic acids is 2. The van der Waals surface area contributed by atoms with Crippen molar-refractivity contribution in [2.24, 2.45) is 0 Å². The molecule has 5 nitrogen and oxygen atoms in total. The molecule has 0 fully saturated rings. The van der Waals surface area contributed by atoms with Gasteiger partial charge in [-0.2, -0.15) is 0 Å². The van der Waals surface area contributed by atoms with Gasteiger partial charge < -0.3 is 15.0 Å². The Bertz CT molecular complexity index is 943. The van der Waals surface area contributed by atoms with Crippen LogP contribution in [0.4, 0.5) is 11.4 Å². The van der Waals surface area contributed by atoms with Crippen molar-refractivity contribution in [3.63, 3.8) is 0 Å². The number of anilines is 2. The van der Waals surface area contributed by atoms with Crippen molar-refractivity contribution < 1.29 is 14.3 Å². The SMILES string of the molecule is COC(=O)c1ccccc1NC(=O)CCN(Cc1ccccc1)c1ccccc1. The summed E-state index contributed by atoms with van der Waals surface area (Å²) in [4.78, 5) is 26.6. The van der Waals surface area contributed by atoms with Gasteiger partial charge in [0.1, 0.15) is 0 Å². The number of esters is 1. The number of ether oxygens (including phenoxy) is 1. The van der Waals surface area contributed by atoms with Crippen LogP contribution < -0.4 is 10.2 Å². The van der Waals surface area contributed by atoms with Crippen LogP contribution in [0.25, 0.3) is 0 Å². The van der Waals surface area contributed by atoms with Crippen LogP contribution in [0.5, 0.6) is 0 Å². The topological polar surface area (TPSA) is 58.6 Å². The molecular weight excluding hydrogens is 364 g/mol. The summed E-state index contributed by atoms with van der Waals surface area (Å²) in [6.07, 6.45) is 0.289. The third-order valence-corrected chi connectivity index (χ3v) is 4.55. The lowest BCUT2D eigenvalue weighted by atomic mass is 10.1. The highest BCUT2D eigenvalue weighted by atomic mass is 16.5. The minimum Gasteiger partial charge on any atom is -0.465 e. The highest BCUT2D eigenvalue weighted by Gasteiger charge is 2.15. The van der Waals surface area contributed by atoms with Gasteiger partial charge in [0.2, 0.25) is 5.91 Å². The van der Waals surface area contributed by atoms with Crippen molar-refractivity contribution in [1.82, 2.24) is 0 Å². The molecule has 1 N–H and O–H groups in total. The Balaban J connectivity index is 1.68. The fourth-order valence-corrected chi connectivity index (χ4v) is 3.07. The molecule has 0 saturated carbocycles. The Morgan fingerprint density at radius 3 is 2.17 bits per heavy atom. The van der Waals surface area contributed by atoms with Crippen LogP contribution in [0, 0.1) is 0 Å². The van der Waals surface area contributed by atoms with Crippen molar-refractivity contribution in [3.8, 4) is 0 Å². The van der Waals surface area contributed by atoms with E-state index in [9.17, 15) is 9.59 Å². The van der Waals surface area contributed by atoms with Gasteiger partial charge in [0.05, 0.1) is 18.4 Å². The lowest BCUT2D eigenvalue weighted by molar-refractivity contribution is -0.116. The van der Waals surface area contributed by atoms with E-state index in [0.29, 0.717) is 24.3 Å². The zero-order chi connectivity index (χ0) is 20.5. The number of hydrogen-bond acceptors (Lipinski definition) is 4. The molecule has 0 heterocycles. The molecule has 3 rings (SSSR count). The molecule has 0 atom stereocenters. The first-order valence-electron chi connectivity index (χ1n) is 9.48. The molecule has 148 valence electrons. The third-order valence-electron chi connectivity index (χ3n) is 4.55. The van der Waals surface area contributed by atoms with Crippen LogP contribution >= 0.6 is 0 Å². The fourth-order valence-electron chi connectivity index (χ4n) is 3.07. The van der Waals surface area contributed by atoms with Crippen LogP contribution in [-0.4, -0.2) is 25.5 Å². The number of carbonyl (C=O) groups is 2. The van der Waals surface area contributed by atoms with Crippen molar-refractivity contribution in [1.29, 1.82) is 0 Å². The molecule has 29 heavy (non-hydrogen) atoms. The summed E-state index contributed by atoms with van der Waals surface area (Å²) in [5.41, 5.74) is 3.03. The second-order valence-corrected chi connectivity index (χ2v) is 6.58. The largest absolute Gasteiger partial charge is 0.465 e. The molecule has 0 aliphatic heterocycles. The fraction of sp³-hybridized carbons (Fsp3) is 0.167. The zero-order valence-electron chi connectivity index (χ0n) is 16.4. The first-order chi connectivity index (χ1) is 14.2. The number of hydrogen-bond donors (Lipinski definition) is 1. The van der Waals surface area contributed by atoms with Gasteiger partial charge in [0.15, 0.2) is 0 Å². The monoisotopic (exact) mass is 388 g/mol. The molecule has 0 bridgehead atoms. The van der Waals surface area contributed by atoms with E-state index in [0.717, 1.165) is 5.69 Å². The maximum absolute atomic E-state index is 12.6. The lowest BCUT2D eigenvalue weighted by Gasteiger charge is -2.25. The summed E-state index contributed by atoms with van der Waals surface area (Å²) < 4.78 is 4.78. The molecule has 0 aliphatic rings. The number of amides is 1. The Labute approximate surface area is 170 Å². The second kappa shape index (κ2) is 10.1. The summed E-state index contributed by atoms with van der Waals surface area (Å²) >= 11 is 0. The van der Waals surface area contributed by atoms with Crippen molar-refractivity contribution in [2.75, 3.05) is 23.9 Å². The minimum absolute atomic E-state index is 0.157. The number of methoxy groups -OCH3 is 1. The van der Waals surface area contributed by atoms with E-state index in [2.05, 4.69) is 22.3 Å². The highest BCUT2D eigenvalue weighted by molar-refractivity contribution is 6.01. The molecule has 0 unspecified atom stereocenters. The van der Waals surface area contributed by atoms with Crippen LogP contribution in [0.15, 0.2) is 84.9 Å². The maximum atomic E-state index is 12.6. The van der Waals surface area contributed by atoms with E-state index >= 15 is 0 Å². The van der Waals surface area contributed by atoms with Crippen LogP contribution in [-0.2, 0) is 16.1 Å². The quantitative estimate of drug-likeness (QED) is 0.577.